The van der Waals surface area contributed by atoms with E-state index in [0.29, 0.717) is 17.3 Å². The van der Waals surface area contributed by atoms with Gasteiger partial charge in [0.2, 0.25) is 5.88 Å². The van der Waals surface area contributed by atoms with Crippen LogP contribution in [0.2, 0.25) is 0 Å². The van der Waals surface area contributed by atoms with Crippen molar-refractivity contribution < 1.29 is 4.74 Å². The SMILES string of the molecule is CCCn1cc(Oc2ccc(N)c(N)n2)cn1. The van der Waals surface area contributed by atoms with Gasteiger partial charge in [0.15, 0.2) is 11.6 Å². The lowest BCUT2D eigenvalue weighted by molar-refractivity contribution is 0.462. The van der Waals surface area contributed by atoms with Gasteiger partial charge in [-0.2, -0.15) is 10.1 Å². The van der Waals surface area contributed by atoms with E-state index in [1.807, 2.05) is 10.9 Å². The van der Waals surface area contributed by atoms with Gasteiger partial charge in [-0.15, -0.1) is 0 Å². The van der Waals surface area contributed by atoms with E-state index >= 15 is 0 Å². The number of aromatic nitrogens is 3. The average molecular weight is 233 g/mol. The molecule has 0 saturated heterocycles. The molecule has 0 bridgehead atoms. The van der Waals surface area contributed by atoms with Gasteiger partial charge in [0.25, 0.3) is 0 Å². The van der Waals surface area contributed by atoms with Crippen molar-refractivity contribution >= 4 is 11.5 Å². The Kier molecular flexibility index (Phi) is 3.13. The predicted molar refractivity (Wildman–Crippen MR) is 65.7 cm³/mol. The van der Waals surface area contributed by atoms with Crippen molar-refractivity contribution in [1.29, 1.82) is 0 Å². The number of nitrogens with two attached hydrogens (primary N) is 2. The quantitative estimate of drug-likeness (QED) is 0.837. The van der Waals surface area contributed by atoms with Crippen molar-refractivity contribution in [1.82, 2.24) is 14.8 Å². The molecule has 2 aromatic heterocycles. The molecule has 0 radical (unpaired) electrons. The zero-order valence-electron chi connectivity index (χ0n) is 9.63. The van der Waals surface area contributed by atoms with Gasteiger partial charge < -0.3 is 16.2 Å². The lowest BCUT2D eigenvalue weighted by Gasteiger charge is -2.03. The van der Waals surface area contributed by atoms with Crippen LogP contribution in [0, 0.1) is 0 Å². The van der Waals surface area contributed by atoms with E-state index in [1.165, 1.54) is 0 Å². The van der Waals surface area contributed by atoms with Gasteiger partial charge >= 0.3 is 0 Å². The molecule has 0 atom stereocenters. The van der Waals surface area contributed by atoms with Crippen molar-refractivity contribution in [3.63, 3.8) is 0 Å². The van der Waals surface area contributed by atoms with Crippen LogP contribution in [0.3, 0.4) is 0 Å². The maximum Gasteiger partial charge on any atom is 0.221 e. The number of ether oxygens (including phenoxy) is 1. The van der Waals surface area contributed by atoms with Crippen molar-refractivity contribution in [3.8, 4) is 11.6 Å². The first-order valence-corrected chi connectivity index (χ1v) is 5.41. The molecule has 17 heavy (non-hydrogen) atoms. The molecular formula is C11H15N5O. The normalized spacial score (nSPS) is 10.4. The third-order valence-electron chi connectivity index (χ3n) is 2.22. The van der Waals surface area contributed by atoms with Gasteiger partial charge in [-0.05, 0) is 12.5 Å². The van der Waals surface area contributed by atoms with Gasteiger partial charge in [0.1, 0.15) is 0 Å². The molecule has 0 fully saturated rings. The average Bonchev–Trinajstić information content (AvgIpc) is 2.72. The second-order valence-corrected chi connectivity index (χ2v) is 3.67. The monoisotopic (exact) mass is 233 g/mol. The second-order valence-electron chi connectivity index (χ2n) is 3.67. The number of pyridine rings is 1. The van der Waals surface area contributed by atoms with E-state index in [0.717, 1.165) is 13.0 Å². The Morgan fingerprint density at radius 3 is 2.88 bits per heavy atom. The number of rotatable bonds is 4. The number of nitrogen functional groups attached to an aromatic ring is 2. The van der Waals surface area contributed by atoms with E-state index in [2.05, 4.69) is 17.0 Å². The Morgan fingerprint density at radius 2 is 2.18 bits per heavy atom. The summed E-state index contributed by atoms with van der Waals surface area (Å²) < 4.78 is 7.33. The third-order valence-corrected chi connectivity index (χ3v) is 2.22. The van der Waals surface area contributed by atoms with Gasteiger partial charge in [-0.25, -0.2) is 0 Å². The van der Waals surface area contributed by atoms with E-state index in [4.69, 9.17) is 16.2 Å². The molecule has 0 aromatic carbocycles. The highest BCUT2D eigenvalue weighted by molar-refractivity contribution is 5.58. The highest BCUT2D eigenvalue weighted by Crippen LogP contribution is 2.22. The summed E-state index contributed by atoms with van der Waals surface area (Å²) in [6.07, 6.45) is 4.48. The Balaban J connectivity index is 2.11. The minimum Gasteiger partial charge on any atom is -0.436 e. The van der Waals surface area contributed by atoms with E-state index in [9.17, 15) is 0 Å². The van der Waals surface area contributed by atoms with E-state index in [1.54, 1.807) is 18.3 Å². The Bertz CT molecular complexity index is 508. The molecule has 90 valence electrons. The molecular weight excluding hydrogens is 218 g/mol. The summed E-state index contributed by atoms with van der Waals surface area (Å²) in [5.74, 6) is 1.31. The zero-order chi connectivity index (χ0) is 12.3. The smallest absolute Gasteiger partial charge is 0.221 e. The third kappa shape index (κ3) is 2.66. The van der Waals surface area contributed by atoms with Gasteiger partial charge in [0.05, 0.1) is 18.1 Å². The maximum atomic E-state index is 5.59. The summed E-state index contributed by atoms with van der Waals surface area (Å²) in [6, 6.07) is 3.33. The number of hydrogen-bond donors (Lipinski definition) is 2. The molecule has 0 spiro atoms. The van der Waals surface area contributed by atoms with E-state index in [-0.39, 0.29) is 5.82 Å². The molecule has 6 heteroatoms. The van der Waals surface area contributed by atoms with Crippen LogP contribution in [0.25, 0.3) is 0 Å². The van der Waals surface area contributed by atoms with Crippen molar-refractivity contribution in [2.75, 3.05) is 11.5 Å². The van der Waals surface area contributed by atoms with Crippen LogP contribution in [0.4, 0.5) is 11.5 Å². The molecule has 0 aliphatic rings. The molecule has 2 aromatic rings. The lowest BCUT2D eigenvalue weighted by Crippen LogP contribution is -1.98. The van der Waals surface area contributed by atoms with Gasteiger partial charge in [-0.3, -0.25) is 4.68 Å². The van der Waals surface area contributed by atoms with Crippen LogP contribution >= 0.6 is 0 Å². The molecule has 2 heterocycles. The first-order valence-electron chi connectivity index (χ1n) is 5.41. The minimum absolute atomic E-state index is 0.267. The highest BCUT2D eigenvalue weighted by atomic mass is 16.5. The number of aryl methyl sites for hydroxylation is 1. The first kappa shape index (κ1) is 11.3. The van der Waals surface area contributed by atoms with E-state index < -0.39 is 0 Å². The fourth-order valence-corrected chi connectivity index (χ4v) is 1.39. The molecule has 4 N–H and O–H groups in total. The summed E-state index contributed by atoms with van der Waals surface area (Å²) in [5, 5.41) is 4.15. The summed E-state index contributed by atoms with van der Waals surface area (Å²) in [6.45, 7) is 2.95. The van der Waals surface area contributed by atoms with Crippen LogP contribution in [-0.4, -0.2) is 14.8 Å². The Labute approximate surface area is 99.2 Å². The summed E-state index contributed by atoms with van der Waals surface area (Å²) in [4.78, 5) is 4.02. The molecule has 0 amide bonds. The summed E-state index contributed by atoms with van der Waals surface area (Å²) >= 11 is 0. The fraction of sp³-hybridized carbons (Fsp3) is 0.273. The summed E-state index contributed by atoms with van der Waals surface area (Å²) in [5.41, 5.74) is 11.6. The van der Waals surface area contributed by atoms with Crippen LogP contribution in [-0.2, 0) is 6.54 Å². The molecule has 6 nitrogen and oxygen atoms in total. The molecule has 0 aliphatic heterocycles. The maximum absolute atomic E-state index is 5.59. The van der Waals surface area contributed by atoms with Crippen molar-refractivity contribution in [3.05, 3.63) is 24.5 Å². The largest absolute Gasteiger partial charge is 0.436 e. The Hall–Kier alpha value is -2.24. The van der Waals surface area contributed by atoms with Crippen molar-refractivity contribution in [2.24, 2.45) is 0 Å². The minimum atomic E-state index is 0.267. The number of nitrogens with zero attached hydrogens (tertiary/aromatic N) is 3. The van der Waals surface area contributed by atoms with Crippen LogP contribution in [0.15, 0.2) is 24.5 Å². The molecule has 0 saturated carbocycles. The second kappa shape index (κ2) is 4.73. The van der Waals surface area contributed by atoms with Crippen LogP contribution in [0.1, 0.15) is 13.3 Å². The first-order chi connectivity index (χ1) is 8.19. The predicted octanol–water partition coefficient (Wildman–Crippen LogP) is 1.64. The summed E-state index contributed by atoms with van der Waals surface area (Å²) in [7, 11) is 0. The van der Waals surface area contributed by atoms with Crippen LogP contribution < -0.4 is 16.2 Å². The fourth-order valence-electron chi connectivity index (χ4n) is 1.39. The topological polar surface area (TPSA) is 92.0 Å². The molecule has 0 aliphatic carbocycles. The number of hydrogen-bond acceptors (Lipinski definition) is 5. The van der Waals surface area contributed by atoms with Gasteiger partial charge in [-0.1, -0.05) is 6.92 Å². The van der Waals surface area contributed by atoms with Crippen molar-refractivity contribution in [2.45, 2.75) is 19.9 Å². The zero-order valence-corrected chi connectivity index (χ0v) is 9.63. The standard InChI is InChI=1S/C11H15N5O/c1-2-5-16-7-8(6-14-16)17-10-4-3-9(12)11(13)15-10/h3-4,6-7H,2,5,12H2,1H3,(H2,13,15). The number of anilines is 2. The molecule has 0 unspecified atom stereocenters. The van der Waals surface area contributed by atoms with Gasteiger partial charge in [0, 0.05) is 12.6 Å². The lowest BCUT2D eigenvalue weighted by atomic mass is 10.4. The molecule has 2 rings (SSSR count). The van der Waals surface area contributed by atoms with Crippen LogP contribution in [0.5, 0.6) is 11.6 Å². The highest BCUT2D eigenvalue weighted by Gasteiger charge is 2.04. The Morgan fingerprint density at radius 1 is 1.35 bits per heavy atom.